The summed E-state index contributed by atoms with van der Waals surface area (Å²) in [5.74, 6) is -3.33. The summed E-state index contributed by atoms with van der Waals surface area (Å²) >= 11 is 0. The van der Waals surface area contributed by atoms with E-state index in [9.17, 15) is 27.2 Å². The Bertz CT molecular complexity index is 720. The van der Waals surface area contributed by atoms with Crippen molar-refractivity contribution in [2.75, 3.05) is 32.8 Å². The Hall–Kier alpha value is -2.89. The van der Waals surface area contributed by atoms with Crippen LogP contribution in [-0.2, 0) is 9.53 Å². The zero-order chi connectivity index (χ0) is 23.4. The molecule has 0 aliphatic carbocycles. The number of carboxylic acid groups (broad SMARTS) is 1. The highest BCUT2D eigenvalue weighted by Crippen LogP contribution is 2.13. The van der Waals surface area contributed by atoms with Crippen LogP contribution in [0.3, 0.4) is 0 Å². The van der Waals surface area contributed by atoms with Crippen LogP contribution in [0.15, 0.2) is 24.3 Å². The van der Waals surface area contributed by atoms with Gasteiger partial charge in [0.2, 0.25) is 0 Å². The van der Waals surface area contributed by atoms with Crippen LogP contribution in [0, 0.1) is 5.82 Å². The molecule has 0 spiro atoms. The number of carbonyl (C=O) groups is 3. The SMILES string of the molecule is CCOC(=O)N1CCC(NCCNC(=O)c2ccc(F)cc2)CC1.O=C(O)C(F)(F)F. The van der Waals surface area contributed by atoms with Crippen LogP contribution in [0.1, 0.15) is 30.1 Å². The summed E-state index contributed by atoms with van der Waals surface area (Å²) in [5, 5.41) is 13.3. The van der Waals surface area contributed by atoms with E-state index in [1.807, 2.05) is 0 Å². The lowest BCUT2D eigenvalue weighted by Gasteiger charge is -2.31. The molecule has 1 heterocycles. The van der Waals surface area contributed by atoms with E-state index in [1.54, 1.807) is 11.8 Å². The average Bonchev–Trinajstić information content (AvgIpc) is 2.72. The lowest BCUT2D eigenvalue weighted by molar-refractivity contribution is -0.192. The fourth-order valence-electron chi connectivity index (χ4n) is 2.64. The predicted molar refractivity (Wildman–Crippen MR) is 102 cm³/mol. The lowest BCUT2D eigenvalue weighted by atomic mass is 10.1. The molecule has 1 fully saturated rings. The van der Waals surface area contributed by atoms with Gasteiger partial charge in [-0.15, -0.1) is 0 Å². The maximum atomic E-state index is 12.8. The number of hydrogen-bond donors (Lipinski definition) is 3. The number of alkyl halides is 3. The summed E-state index contributed by atoms with van der Waals surface area (Å²) in [6, 6.07) is 5.79. The van der Waals surface area contributed by atoms with Crippen molar-refractivity contribution >= 4 is 18.0 Å². The van der Waals surface area contributed by atoms with Crippen molar-refractivity contribution in [1.82, 2.24) is 15.5 Å². The van der Waals surface area contributed by atoms with Gasteiger partial charge in [0.1, 0.15) is 5.82 Å². The molecule has 174 valence electrons. The van der Waals surface area contributed by atoms with Crippen molar-refractivity contribution < 1.29 is 41.8 Å². The molecule has 0 aromatic heterocycles. The lowest BCUT2D eigenvalue weighted by Crippen LogP contribution is -2.46. The second kappa shape index (κ2) is 12.7. The molecule has 1 aliphatic rings. The summed E-state index contributed by atoms with van der Waals surface area (Å²) in [5.41, 5.74) is 0.444. The molecular formula is C19H25F4N3O5. The zero-order valence-electron chi connectivity index (χ0n) is 16.9. The van der Waals surface area contributed by atoms with E-state index in [1.165, 1.54) is 24.3 Å². The van der Waals surface area contributed by atoms with Crippen molar-refractivity contribution in [3.05, 3.63) is 35.6 Å². The van der Waals surface area contributed by atoms with Crippen LogP contribution in [0.4, 0.5) is 22.4 Å². The second-order valence-corrected chi connectivity index (χ2v) is 6.48. The van der Waals surface area contributed by atoms with Crippen LogP contribution in [-0.4, -0.2) is 73.0 Å². The predicted octanol–water partition coefficient (Wildman–Crippen LogP) is 2.40. The first-order chi connectivity index (χ1) is 14.5. The number of rotatable bonds is 6. The van der Waals surface area contributed by atoms with E-state index >= 15 is 0 Å². The summed E-state index contributed by atoms with van der Waals surface area (Å²) in [7, 11) is 0. The highest BCUT2D eigenvalue weighted by atomic mass is 19.4. The molecule has 0 radical (unpaired) electrons. The number of aliphatic carboxylic acids is 1. The highest BCUT2D eigenvalue weighted by Gasteiger charge is 2.38. The average molecular weight is 451 g/mol. The summed E-state index contributed by atoms with van der Waals surface area (Å²) in [6.07, 6.45) is -3.60. The van der Waals surface area contributed by atoms with Crippen LogP contribution >= 0.6 is 0 Å². The molecule has 2 rings (SSSR count). The molecule has 1 aromatic carbocycles. The Morgan fingerprint density at radius 2 is 1.68 bits per heavy atom. The van der Waals surface area contributed by atoms with Crippen molar-refractivity contribution in [2.45, 2.75) is 32.0 Å². The van der Waals surface area contributed by atoms with Gasteiger partial charge in [0.15, 0.2) is 0 Å². The number of amides is 2. The van der Waals surface area contributed by atoms with E-state index in [0.717, 1.165) is 12.8 Å². The third-order valence-electron chi connectivity index (χ3n) is 4.21. The van der Waals surface area contributed by atoms with Gasteiger partial charge in [0.05, 0.1) is 6.61 Å². The standard InChI is InChI=1S/C17H24FN3O3.C2HF3O2/c1-2-24-17(23)21-11-7-15(8-12-21)19-9-10-20-16(22)13-3-5-14(18)6-4-13;3-2(4,5)1(6)7/h3-6,15,19H,2,7-12H2,1H3,(H,20,22);(H,6,7). The number of likely N-dealkylation sites (tertiary alicyclic amines) is 1. The number of nitrogens with one attached hydrogen (secondary N) is 2. The zero-order valence-corrected chi connectivity index (χ0v) is 16.9. The number of nitrogens with zero attached hydrogens (tertiary/aromatic N) is 1. The van der Waals surface area contributed by atoms with Gasteiger partial charge in [-0.1, -0.05) is 0 Å². The first-order valence-electron chi connectivity index (χ1n) is 9.53. The molecule has 0 atom stereocenters. The minimum Gasteiger partial charge on any atom is -0.475 e. The van der Waals surface area contributed by atoms with E-state index < -0.39 is 12.1 Å². The number of hydrogen-bond acceptors (Lipinski definition) is 5. The Labute approximate surface area is 176 Å². The van der Waals surface area contributed by atoms with Crippen LogP contribution in [0.5, 0.6) is 0 Å². The monoisotopic (exact) mass is 451 g/mol. The Morgan fingerprint density at radius 3 is 2.16 bits per heavy atom. The third kappa shape index (κ3) is 10.1. The van der Waals surface area contributed by atoms with E-state index in [-0.39, 0.29) is 17.8 Å². The smallest absolute Gasteiger partial charge is 0.475 e. The largest absolute Gasteiger partial charge is 0.490 e. The van der Waals surface area contributed by atoms with Gasteiger partial charge in [0, 0.05) is 37.8 Å². The van der Waals surface area contributed by atoms with Gasteiger partial charge < -0.3 is 25.4 Å². The Kier molecular flexibility index (Phi) is 10.7. The quantitative estimate of drug-likeness (QED) is 0.453. The number of carboxylic acids is 1. The number of halogens is 4. The summed E-state index contributed by atoms with van der Waals surface area (Å²) in [6.45, 7) is 4.69. The summed E-state index contributed by atoms with van der Waals surface area (Å²) < 4.78 is 49.5. The van der Waals surface area contributed by atoms with Crippen molar-refractivity contribution in [3.8, 4) is 0 Å². The van der Waals surface area contributed by atoms with Gasteiger partial charge in [0.25, 0.3) is 5.91 Å². The maximum absolute atomic E-state index is 12.8. The van der Waals surface area contributed by atoms with E-state index in [2.05, 4.69) is 10.6 Å². The first kappa shape index (κ1) is 26.1. The fraction of sp³-hybridized carbons (Fsp3) is 0.526. The van der Waals surface area contributed by atoms with Crippen LogP contribution in [0.2, 0.25) is 0 Å². The summed E-state index contributed by atoms with van der Waals surface area (Å²) in [4.78, 5) is 34.1. The normalized spacial score (nSPS) is 14.3. The Balaban J connectivity index is 0.000000592. The van der Waals surface area contributed by atoms with Gasteiger partial charge in [-0.05, 0) is 44.0 Å². The molecule has 31 heavy (non-hydrogen) atoms. The molecule has 1 aromatic rings. The van der Waals surface area contributed by atoms with E-state index in [4.69, 9.17) is 14.6 Å². The van der Waals surface area contributed by atoms with Crippen molar-refractivity contribution in [3.63, 3.8) is 0 Å². The number of benzene rings is 1. The Morgan fingerprint density at radius 1 is 1.13 bits per heavy atom. The molecule has 0 saturated carbocycles. The molecule has 1 aliphatic heterocycles. The fourth-order valence-corrected chi connectivity index (χ4v) is 2.64. The molecular weight excluding hydrogens is 426 g/mol. The number of piperidine rings is 1. The minimum absolute atomic E-state index is 0.214. The number of carbonyl (C=O) groups excluding carboxylic acids is 2. The van der Waals surface area contributed by atoms with Gasteiger partial charge in [-0.25, -0.2) is 14.0 Å². The van der Waals surface area contributed by atoms with Crippen molar-refractivity contribution in [1.29, 1.82) is 0 Å². The molecule has 8 nitrogen and oxygen atoms in total. The minimum atomic E-state index is -5.08. The molecule has 2 amide bonds. The molecule has 12 heteroatoms. The second-order valence-electron chi connectivity index (χ2n) is 6.48. The van der Waals surface area contributed by atoms with Crippen molar-refractivity contribution in [2.24, 2.45) is 0 Å². The highest BCUT2D eigenvalue weighted by molar-refractivity contribution is 5.94. The van der Waals surface area contributed by atoms with Gasteiger partial charge in [-0.2, -0.15) is 13.2 Å². The molecule has 1 saturated heterocycles. The van der Waals surface area contributed by atoms with E-state index in [0.29, 0.717) is 44.4 Å². The van der Waals surface area contributed by atoms with Gasteiger partial charge in [-0.3, -0.25) is 4.79 Å². The van der Waals surface area contributed by atoms with Crippen LogP contribution < -0.4 is 10.6 Å². The first-order valence-corrected chi connectivity index (χ1v) is 9.53. The van der Waals surface area contributed by atoms with Crippen LogP contribution in [0.25, 0.3) is 0 Å². The topological polar surface area (TPSA) is 108 Å². The molecule has 0 bridgehead atoms. The number of ether oxygens (including phenoxy) is 1. The third-order valence-corrected chi connectivity index (χ3v) is 4.21. The maximum Gasteiger partial charge on any atom is 0.490 e. The van der Waals surface area contributed by atoms with Gasteiger partial charge >= 0.3 is 18.2 Å². The molecule has 3 N–H and O–H groups in total. The molecule has 0 unspecified atom stereocenters.